The molecule has 0 saturated heterocycles. The fraction of sp³-hybridized carbons (Fsp3) is 0.250. The van der Waals surface area contributed by atoms with Crippen molar-refractivity contribution < 1.29 is 18.0 Å². The van der Waals surface area contributed by atoms with Gasteiger partial charge in [0.05, 0.1) is 21.5 Å². The van der Waals surface area contributed by atoms with Crippen LogP contribution in [0, 0.1) is 0 Å². The maximum absolute atomic E-state index is 12.7. The number of nitrogen functional groups attached to an aromatic ring is 1. The average molecular weight is 383 g/mol. The van der Waals surface area contributed by atoms with Gasteiger partial charge in [-0.15, -0.1) is 10.2 Å². The van der Waals surface area contributed by atoms with E-state index >= 15 is 0 Å². The number of nitrogens with two attached hydrogens (primary N) is 1. The summed E-state index contributed by atoms with van der Waals surface area (Å²) in [5.41, 5.74) is 4.44. The van der Waals surface area contributed by atoms with E-state index in [2.05, 4.69) is 15.5 Å². The smallest absolute Gasteiger partial charge is 0.374 e. The lowest BCUT2D eigenvalue weighted by Gasteiger charge is -2.14. The van der Waals surface area contributed by atoms with E-state index in [1.54, 1.807) is 6.92 Å². The fourth-order valence-electron chi connectivity index (χ4n) is 1.50. The summed E-state index contributed by atoms with van der Waals surface area (Å²) in [7, 11) is 0. The van der Waals surface area contributed by atoms with Gasteiger partial charge in [-0.05, 0) is 25.1 Å². The Labute approximate surface area is 142 Å². The van der Waals surface area contributed by atoms with Gasteiger partial charge in [0.15, 0.2) is 4.34 Å². The third kappa shape index (κ3) is 4.72. The highest BCUT2D eigenvalue weighted by molar-refractivity contribution is 8.02. The number of aromatic nitrogens is 2. The monoisotopic (exact) mass is 382 g/mol. The van der Waals surface area contributed by atoms with Gasteiger partial charge < -0.3 is 11.1 Å². The van der Waals surface area contributed by atoms with Gasteiger partial charge in [-0.2, -0.15) is 13.2 Å². The molecule has 1 aromatic heterocycles. The van der Waals surface area contributed by atoms with Crippen LogP contribution >= 0.6 is 34.7 Å². The van der Waals surface area contributed by atoms with Gasteiger partial charge in [-0.1, -0.05) is 34.7 Å². The third-order valence-electron chi connectivity index (χ3n) is 2.62. The van der Waals surface area contributed by atoms with Crippen LogP contribution in [0.1, 0.15) is 12.5 Å². The van der Waals surface area contributed by atoms with Crippen LogP contribution in [0.5, 0.6) is 0 Å². The van der Waals surface area contributed by atoms with Crippen molar-refractivity contribution in [1.29, 1.82) is 0 Å². The minimum atomic E-state index is -4.52. The van der Waals surface area contributed by atoms with E-state index in [4.69, 9.17) is 17.3 Å². The number of anilines is 2. The molecule has 1 amide bonds. The van der Waals surface area contributed by atoms with Crippen molar-refractivity contribution in [3.63, 3.8) is 0 Å². The minimum Gasteiger partial charge on any atom is -0.374 e. The second kappa shape index (κ2) is 6.93. The maximum atomic E-state index is 12.7. The van der Waals surface area contributed by atoms with E-state index in [1.807, 2.05) is 0 Å². The molecule has 0 aliphatic carbocycles. The van der Waals surface area contributed by atoms with Gasteiger partial charge in [-0.3, -0.25) is 4.79 Å². The summed E-state index contributed by atoms with van der Waals surface area (Å²) in [6.07, 6.45) is -4.52. The largest absolute Gasteiger partial charge is 0.416 e. The number of halogens is 4. The zero-order valence-electron chi connectivity index (χ0n) is 11.5. The number of hydrogen-bond donors (Lipinski definition) is 2. The van der Waals surface area contributed by atoms with Crippen LogP contribution in [0.4, 0.5) is 24.0 Å². The Morgan fingerprint density at radius 1 is 1.43 bits per heavy atom. The molecule has 11 heteroatoms. The number of benzene rings is 1. The van der Waals surface area contributed by atoms with Gasteiger partial charge in [0.25, 0.3) is 0 Å². The van der Waals surface area contributed by atoms with E-state index in [-0.39, 0.29) is 15.8 Å². The molecular formula is C12H10ClF3N4OS2. The van der Waals surface area contributed by atoms with Crippen molar-refractivity contribution in [2.24, 2.45) is 0 Å². The molecule has 0 fully saturated rings. The van der Waals surface area contributed by atoms with Crippen molar-refractivity contribution in [2.45, 2.75) is 22.7 Å². The highest BCUT2D eigenvalue weighted by atomic mass is 35.5. The number of hydrogen-bond acceptors (Lipinski definition) is 6. The molecule has 1 aromatic carbocycles. The number of amides is 1. The molecule has 0 saturated carbocycles. The summed E-state index contributed by atoms with van der Waals surface area (Å²) in [5, 5.41) is 9.42. The average Bonchev–Trinajstić information content (AvgIpc) is 2.85. The minimum absolute atomic E-state index is 0.0173. The fourth-order valence-corrected chi connectivity index (χ4v) is 3.45. The van der Waals surface area contributed by atoms with Gasteiger partial charge in [-0.25, -0.2) is 0 Å². The molecule has 0 aliphatic rings. The van der Waals surface area contributed by atoms with Crippen molar-refractivity contribution in [3.05, 3.63) is 28.8 Å². The van der Waals surface area contributed by atoms with Crippen LogP contribution < -0.4 is 11.1 Å². The first-order valence-corrected chi connectivity index (χ1v) is 8.17. The zero-order chi connectivity index (χ0) is 17.2. The lowest BCUT2D eigenvalue weighted by molar-refractivity contribution is -0.137. The molecule has 1 unspecified atom stereocenters. The van der Waals surface area contributed by atoms with E-state index in [0.717, 1.165) is 41.3 Å². The molecule has 0 spiro atoms. The summed E-state index contributed by atoms with van der Waals surface area (Å²) < 4.78 is 38.6. The first-order valence-electron chi connectivity index (χ1n) is 6.10. The highest BCUT2D eigenvalue weighted by Crippen LogP contribution is 2.34. The molecule has 0 bridgehead atoms. The summed E-state index contributed by atoms with van der Waals surface area (Å²) in [6, 6.07) is 2.73. The van der Waals surface area contributed by atoms with Gasteiger partial charge >= 0.3 is 6.18 Å². The number of thioether (sulfide) groups is 1. The van der Waals surface area contributed by atoms with E-state index in [1.165, 1.54) is 0 Å². The van der Waals surface area contributed by atoms with Gasteiger partial charge in [0, 0.05) is 0 Å². The molecule has 0 radical (unpaired) electrons. The Morgan fingerprint density at radius 3 is 2.70 bits per heavy atom. The Balaban J connectivity index is 2.10. The summed E-state index contributed by atoms with van der Waals surface area (Å²) in [6.45, 7) is 1.58. The van der Waals surface area contributed by atoms with Gasteiger partial charge in [0.1, 0.15) is 0 Å². The van der Waals surface area contributed by atoms with E-state index < -0.39 is 22.9 Å². The quantitative estimate of drug-likeness (QED) is 0.783. The van der Waals surface area contributed by atoms with Crippen molar-refractivity contribution in [3.8, 4) is 0 Å². The van der Waals surface area contributed by atoms with Gasteiger partial charge in [0.2, 0.25) is 11.0 Å². The summed E-state index contributed by atoms with van der Waals surface area (Å²) in [4.78, 5) is 12.1. The van der Waals surface area contributed by atoms with E-state index in [0.29, 0.717) is 4.34 Å². The molecule has 2 aromatic rings. The maximum Gasteiger partial charge on any atom is 0.416 e. The summed E-state index contributed by atoms with van der Waals surface area (Å²) >= 11 is 8.04. The van der Waals surface area contributed by atoms with Crippen LogP contribution in [0.15, 0.2) is 22.5 Å². The molecule has 5 nitrogen and oxygen atoms in total. The number of nitrogens with zero attached hydrogens (tertiary/aromatic N) is 2. The standard InChI is InChI=1S/C12H10ClF3N4OS2/c1-5(22-11-20-19-10(17)23-11)9(21)18-8-4-6(12(14,15)16)2-3-7(8)13/h2-5H,1H3,(H2,17,19)(H,18,21). The first-order chi connectivity index (χ1) is 10.7. The second-order valence-electron chi connectivity index (χ2n) is 4.35. The number of nitrogens with one attached hydrogen (secondary N) is 1. The Kier molecular flexibility index (Phi) is 5.37. The molecule has 124 valence electrons. The van der Waals surface area contributed by atoms with Crippen LogP contribution in [-0.2, 0) is 11.0 Å². The van der Waals surface area contributed by atoms with Crippen LogP contribution in [-0.4, -0.2) is 21.4 Å². The lowest BCUT2D eigenvalue weighted by Crippen LogP contribution is -2.22. The van der Waals surface area contributed by atoms with Crippen LogP contribution in [0.25, 0.3) is 0 Å². The molecular weight excluding hydrogens is 373 g/mol. The Morgan fingerprint density at radius 2 is 2.13 bits per heavy atom. The van der Waals surface area contributed by atoms with Crippen molar-refractivity contribution >= 4 is 51.4 Å². The van der Waals surface area contributed by atoms with Crippen molar-refractivity contribution in [1.82, 2.24) is 10.2 Å². The molecule has 0 aliphatic heterocycles. The molecule has 23 heavy (non-hydrogen) atoms. The first kappa shape index (κ1) is 17.8. The zero-order valence-corrected chi connectivity index (χ0v) is 13.9. The normalized spacial score (nSPS) is 12.9. The van der Waals surface area contributed by atoms with E-state index in [9.17, 15) is 18.0 Å². The molecule has 3 N–H and O–H groups in total. The molecule has 2 rings (SSSR count). The van der Waals surface area contributed by atoms with Crippen LogP contribution in [0.2, 0.25) is 5.02 Å². The second-order valence-corrected chi connectivity index (χ2v) is 7.35. The molecule has 1 heterocycles. The molecule has 1 atom stereocenters. The number of rotatable bonds is 4. The summed E-state index contributed by atoms with van der Waals surface area (Å²) in [5.74, 6) is -0.509. The number of carbonyl (C=O) groups is 1. The SMILES string of the molecule is CC(Sc1nnc(N)s1)C(=O)Nc1cc(C(F)(F)F)ccc1Cl. The van der Waals surface area contributed by atoms with Crippen molar-refractivity contribution in [2.75, 3.05) is 11.1 Å². The number of alkyl halides is 3. The highest BCUT2D eigenvalue weighted by Gasteiger charge is 2.31. The predicted octanol–water partition coefficient (Wildman–Crippen LogP) is 3.91. The lowest BCUT2D eigenvalue weighted by atomic mass is 10.2. The predicted molar refractivity (Wildman–Crippen MR) is 84.7 cm³/mol. The number of carbonyl (C=O) groups excluding carboxylic acids is 1. The Bertz CT molecular complexity index is 723. The Hall–Kier alpha value is -1.52. The topological polar surface area (TPSA) is 80.9 Å². The third-order valence-corrected chi connectivity index (χ3v) is 4.89. The van der Waals surface area contributed by atoms with Crippen LogP contribution in [0.3, 0.4) is 0 Å².